The monoisotopic (exact) mass is 114 g/mol. The number of hydrogen-bond acceptors (Lipinski definition) is 2. The summed E-state index contributed by atoms with van der Waals surface area (Å²) in [6, 6.07) is 0. The molecular formula is ClOPS. The van der Waals surface area contributed by atoms with Crippen LogP contribution in [0.3, 0.4) is 0 Å². The summed E-state index contributed by atoms with van der Waals surface area (Å²) in [5, 5.41) is 0. The highest BCUT2D eigenvalue weighted by atomic mass is 35.5. The largest absolute Gasteiger partial charge is 0.209 e. The Labute approximate surface area is 36.0 Å². The molecule has 0 saturated carbocycles. The van der Waals surface area contributed by atoms with E-state index >= 15 is 0 Å². The molecule has 0 N–H and O–H groups in total. The van der Waals surface area contributed by atoms with Crippen LogP contribution in [0, 0.1) is 0 Å². The van der Waals surface area contributed by atoms with Crippen molar-refractivity contribution in [1.29, 1.82) is 0 Å². The highest BCUT2D eigenvalue weighted by Gasteiger charge is 1.49. The molecule has 0 spiro atoms. The van der Waals surface area contributed by atoms with Crippen LogP contribution in [0.15, 0.2) is 0 Å². The Kier molecular flexibility index (Phi) is 4.50. The first kappa shape index (κ1) is 4.77. The van der Waals surface area contributed by atoms with Crippen molar-refractivity contribution in [2.45, 2.75) is 0 Å². The van der Waals surface area contributed by atoms with Gasteiger partial charge in [0.2, 0.25) is 0 Å². The zero-order chi connectivity index (χ0) is 3.41. The molecule has 0 aromatic heterocycles. The van der Waals surface area contributed by atoms with Gasteiger partial charge in [-0.05, 0) is 11.8 Å². The highest BCUT2D eigenvalue weighted by Crippen LogP contribution is 1.94. The lowest BCUT2D eigenvalue weighted by Crippen LogP contribution is -1.20. The van der Waals surface area contributed by atoms with Crippen LogP contribution in [-0.2, 0) is 15.9 Å². The molecule has 4 heteroatoms. The summed E-state index contributed by atoms with van der Waals surface area (Å²) in [5.74, 6) is 0. The van der Waals surface area contributed by atoms with Gasteiger partial charge < -0.3 is 0 Å². The van der Waals surface area contributed by atoms with Crippen LogP contribution in [0.1, 0.15) is 0 Å². The first-order chi connectivity index (χ1) is 1.91. The molecule has 0 amide bonds. The van der Waals surface area contributed by atoms with Gasteiger partial charge in [0.25, 0.3) is 0 Å². The number of rotatable bonds is 1. The molecule has 0 radical (unpaired) electrons. The maximum absolute atomic E-state index is 4.57. The van der Waals surface area contributed by atoms with E-state index in [4.69, 9.17) is 0 Å². The van der Waals surface area contributed by atoms with E-state index in [0.29, 0.717) is 7.58 Å². The molecule has 0 rings (SSSR count). The summed E-state index contributed by atoms with van der Waals surface area (Å²) in [6.07, 6.45) is 0. The van der Waals surface area contributed by atoms with Gasteiger partial charge in [-0.2, -0.15) is 0 Å². The fourth-order valence-electron chi connectivity index (χ4n) is 0. The second-order valence-electron chi connectivity index (χ2n) is 0.144. The van der Waals surface area contributed by atoms with Gasteiger partial charge in [-0.25, -0.2) is 4.08 Å². The van der Waals surface area contributed by atoms with Crippen molar-refractivity contribution in [3.63, 3.8) is 0 Å². The quantitative estimate of drug-likeness (QED) is 0.478. The average Bonchev–Trinajstić information content (AvgIpc) is 1.37. The lowest BCUT2D eigenvalue weighted by atomic mass is 15.9. The molecule has 0 aromatic rings. The fourth-order valence-corrected chi connectivity index (χ4v) is 0. The molecule has 0 aromatic carbocycles. The summed E-state index contributed by atoms with van der Waals surface area (Å²) in [7, 11) is 0.347. The number of halogens is 1. The summed E-state index contributed by atoms with van der Waals surface area (Å²) < 4.78 is 3.80. The predicted molar refractivity (Wildman–Crippen MR) is 21.2 cm³/mol. The highest BCUT2D eigenvalue weighted by molar-refractivity contribution is 7.94. The van der Waals surface area contributed by atoms with Crippen molar-refractivity contribution in [3.8, 4) is 0 Å². The van der Waals surface area contributed by atoms with E-state index in [1.165, 1.54) is 0 Å². The van der Waals surface area contributed by atoms with E-state index in [1.54, 1.807) is 0 Å². The predicted octanol–water partition coefficient (Wildman–Crippen LogP) is 1.48. The van der Waals surface area contributed by atoms with E-state index in [-0.39, 0.29) is 0 Å². The van der Waals surface area contributed by atoms with Gasteiger partial charge in [0.1, 0.15) is 0 Å². The molecule has 0 saturated heterocycles. The van der Waals surface area contributed by atoms with Crippen LogP contribution >= 0.6 is 19.4 Å². The van der Waals surface area contributed by atoms with Gasteiger partial charge in [-0.15, -0.1) is 0 Å². The first-order valence-electron chi connectivity index (χ1n) is 0.519. The Balaban J connectivity index is 2.30. The smallest absolute Gasteiger partial charge is 0.160 e. The van der Waals surface area contributed by atoms with E-state index in [2.05, 4.69) is 27.7 Å². The van der Waals surface area contributed by atoms with Crippen molar-refractivity contribution in [2.75, 3.05) is 0 Å². The Morgan fingerprint density at radius 3 is 2.25 bits per heavy atom. The Morgan fingerprint density at radius 2 is 2.25 bits per heavy atom. The molecule has 0 aliphatic heterocycles. The van der Waals surface area contributed by atoms with E-state index in [0.717, 1.165) is 0 Å². The maximum Gasteiger partial charge on any atom is 0.160 e. The van der Waals surface area contributed by atoms with Gasteiger partial charge in [0, 0.05) is 0 Å². The number of hydrogen-bond donors (Lipinski definition) is 0. The molecule has 0 unspecified atom stereocenters. The molecule has 0 aliphatic rings. The van der Waals surface area contributed by atoms with E-state index < -0.39 is 0 Å². The third-order valence-corrected chi connectivity index (χ3v) is 0.761. The van der Waals surface area contributed by atoms with Crippen molar-refractivity contribution >= 4 is 31.3 Å². The molecular weight excluding hydrogens is 114 g/mol. The summed E-state index contributed by atoms with van der Waals surface area (Å²) in [6.45, 7) is 0. The summed E-state index contributed by atoms with van der Waals surface area (Å²) >= 11 is 8.74. The molecule has 4 heavy (non-hydrogen) atoms. The molecule has 0 atom stereocenters. The van der Waals surface area contributed by atoms with Gasteiger partial charge in [0.05, 0.1) is 11.9 Å². The second-order valence-corrected chi connectivity index (χ2v) is 1.29. The van der Waals surface area contributed by atoms with Gasteiger partial charge in [-0.3, -0.25) is 0 Å². The van der Waals surface area contributed by atoms with Crippen molar-refractivity contribution < 1.29 is 4.08 Å². The van der Waals surface area contributed by atoms with Crippen molar-refractivity contribution in [1.82, 2.24) is 0 Å². The van der Waals surface area contributed by atoms with E-state index in [9.17, 15) is 0 Å². The summed E-state index contributed by atoms with van der Waals surface area (Å²) in [4.78, 5) is 0. The zero-order valence-corrected chi connectivity index (χ0v) is 4.11. The van der Waals surface area contributed by atoms with Crippen molar-refractivity contribution in [3.05, 3.63) is 0 Å². The second kappa shape index (κ2) is 3.77. The maximum atomic E-state index is 4.57. The molecule has 1 nitrogen and oxygen atoms in total. The average molecular weight is 114 g/mol. The van der Waals surface area contributed by atoms with Gasteiger partial charge in [-0.1, -0.05) is 0 Å². The molecule has 0 heterocycles. The van der Waals surface area contributed by atoms with Crippen LogP contribution < -0.4 is 0 Å². The Bertz CT molecular complexity index is 22.0. The SMILES string of the molecule is S=POCl. The van der Waals surface area contributed by atoms with E-state index in [1.807, 2.05) is 0 Å². The lowest BCUT2D eigenvalue weighted by molar-refractivity contribution is 0.727. The van der Waals surface area contributed by atoms with Crippen LogP contribution in [0.4, 0.5) is 0 Å². The van der Waals surface area contributed by atoms with Crippen LogP contribution in [0.25, 0.3) is 0 Å². The third kappa shape index (κ3) is 2.77. The minimum Gasteiger partial charge on any atom is -0.209 e. The fraction of sp³-hybridized carbons (Fsp3) is 0. The third-order valence-electron chi connectivity index (χ3n) is 0.0282. The minimum atomic E-state index is 0.347. The van der Waals surface area contributed by atoms with Gasteiger partial charge >= 0.3 is 0 Å². The Hall–Kier alpha value is 0.770. The first-order valence-corrected chi connectivity index (χ1v) is 2.65. The minimum absolute atomic E-state index is 0.347. The zero-order valence-electron chi connectivity index (χ0n) is 1.64. The van der Waals surface area contributed by atoms with Crippen LogP contribution in [0.2, 0.25) is 0 Å². The molecule has 0 bridgehead atoms. The standard InChI is InChI=1S/ClOPS/c1-2-3-4. The molecule has 24 valence electrons. The summed E-state index contributed by atoms with van der Waals surface area (Å²) in [5.41, 5.74) is 0. The lowest BCUT2D eigenvalue weighted by Gasteiger charge is -1.55. The molecule has 0 aliphatic carbocycles. The van der Waals surface area contributed by atoms with Crippen molar-refractivity contribution in [2.24, 2.45) is 0 Å². The molecule has 0 fully saturated rings. The van der Waals surface area contributed by atoms with Crippen LogP contribution in [0.5, 0.6) is 0 Å². The Morgan fingerprint density at radius 1 is 2.00 bits per heavy atom. The normalized spacial score (nSPS) is 8.25. The van der Waals surface area contributed by atoms with Crippen LogP contribution in [-0.4, -0.2) is 0 Å². The van der Waals surface area contributed by atoms with Gasteiger partial charge in [0.15, 0.2) is 7.58 Å². The topological polar surface area (TPSA) is 9.23 Å².